The molecule has 0 amide bonds. The van der Waals surface area contributed by atoms with Gasteiger partial charge in [0.05, 0.1) is 18.6 Å². The fourth-order valence-corrected chi connectivity index (χ4v) is 2.13. The second-order valence-corrected chi connectivity index (χ2v) is 4.19. The maximum absolute atomic E-state index is 12.9. The lowest BCUT2D eigenvalue weighted by atomic mass is 10.0. The predicted molar refractivity (Wildman–Crippen MR) is 64.2 cm³/mol. The van der Waals surface area contributed by atoms with Crippen LogP contribution in [0.4, 0.5) is 8.78 Å². The Kier molecular flexibility index (Phi) is 5.23. The maximum atomic E-state index is 12.9. The summed E-state index contributed by atoms with van der Waals surface area (Å²) >= 11 is 2.97. The fraction of sp³-hybridized carbons (Fsp3) is 0.333. The van der Waals surface area contributed by atoms with Gasteiger partial charge in [-0.25, -0.2) is 8.78 Å². The molecule has 18 heavy (non-hydrogen) atoms. The van der Waals surface area contributed by atoms with Gasteiger partial charge in [0.15, 0.2) is 0 Å². The number of rotatable bonds is 4. The van der Waals surface area contributed by atoms with Crippen LogP contribution in [0.2, 0.25) is 0 Å². The van der Waals surface area contributed by atoms with Gasteiger partial charge in [-0.1, -0.05) is 6.07 Å². The van der Waals surface area contributed by atoms with Crippen LogP contribution in [0.5, 0.6) is 0 Å². The first-order valence-corrected chi connectivity index (χ1v) is 5.95. The molecule has 0 aliphatic rings. The molecule has 0 aliphatic carbocycles. The van der Waals surface area contributed by atoms with Crippen molar-refractivity contribution in [2.45, 2.75) is 19.8 Å². The van der Waals surface area contributed by atoms with Crippen LogP contribution >= 0.6 is 15.9 Å². The molecule has 1 aromatic carbocycles. The Bertz CT molecular complexity index is 498. The van der Waals surface area contributed by atoms with Crippen molar-refractivity contribution < 1.29 is 18.3 Å². The van der Waals surface area contributed by atoms with Gasteiger partial charge in [-0.3, -0.25) is 4.79 Å². The van der Waals surface area contributed by atoms with Gasteiger partial charge in [0.2, 0.25) is 0 Å². The Labute approximate surface area is 111 Å². The van der Waals surface area contributed by atoms with Crippen molar-refractivity contribution in [2.75, 3.05) is 6.61 Å². The molecule has 1 rings (SSSR count). The topological polar surface area (TPSA) is 50.1 Å². The smallest absolute Gasteiger partial charge is 0.310 e. The van der Waals surface area contributed by atoms with Gasteiger partial charge in [-0.2, -0.15) is 5.26 Å². The van der Waals surface area contributed by atoms with E-state index >= 15 is 0 Å². The SMILES string of the molecule is CCOC(=O)Cc1ccc(C#N)c(Br)c1C(F)F. The van der Waals surface area contributed by atoms with Crippen molar-refractivity contribution >= 4 is 21.9 Å². The second kappa shape index (κ2) is 6.45. The Balaban J connectivity index is 3.17. The Morgan fingerprint density at radius 2 is 2.22 bits per heavy atom. The van der Waals surface area contributed by atoms with E-state index in [4.69, 9.17) is 10.00 Å². The molecule has 0 bridgehead atoms. The van der Waals surface area contributed by atoms with E-state index in [1.165, 1.54) is 12.1 Å². The summed E-state index contributed by atoms with van der Waals surface area (Å²) in [5, 5.41) is 8.77. The van der Waals surface area contributed by atoms with Crippen LogP contribution in [-0.4, -0.2) is 12.6 Å². The molecule has 0 saturated heterocycles. The van der Waals surface area contributed by atoms with E-state index in [1.807, 2.05) is 0 Å². The molecular weight excluding hydrogens is 308 g/mol. The zero-order valence-electron chi connectivity index (χ0n) is 9.54. The number of ether oxygens (including phenoxy) is 1. The molecule has 0 N–H and O–H groups in total. The summed E-state index contributed by atoms with van der Waals surface area (Å²) in [6.45, 7) is 1.83. The van der Waals surface area contributed by atoms with Crippen LogP contribution in [0, 0.1) is 11.3 Å². The number of alkyl halides is 2. The van der Waals surface area contributed by atoms with E-state index in [9.17, 15) is 13.6 Å². The zero-order valence-corrected chi connectivity index (χ0v) is 11.1. The molecule has 0 spiro atoms. The molecule has 0 heterocycles. The highest BCUT2D eigenvalue weighted by Crippen LogP contribution is 2.33. The zero-order chi connectivity index (χ0) is 13.7. The lowest BCUT2D eigenvalue weighted by Crippen LogP contribution is -2.10. The van der Waals surface area contributed by atoms with E-state index in [2.05, 4.69) is 15.9 Å². The number of carbonyl (C=O) groups excluding carboxylic acids is 1. The van der Waals surface area contributed by atoms with Crippen LogP contribution in [0.3, 0.4) is 0 Å². The lowest BCUT2D eigenvalue weighted by Gasteiger charge is -2.11. The standard InChI is InChI=1S/C12H10BrF2NO2/c1-2-18-9(17)5-7-3-4-8(6-16)11(13)10(7)12(14)15/h3-4,12H,2,5H2,1H3. The number of benzene rings is 1. The molecule has 0 saturated carbocycles. The van der Waals surface area contributed by atoms with E-state index in [-0.39, 0.29) is 34.2 Å². The number of esters is 1. The van der Waals surface area contributed by atoms with Gasteiger partial charge in [0.25, 0.3) is 6.43 Å². The van der Waals surface area contributed by atoms with Crippen LogP contribution in [0.15, 0.2) is 16.6 Å². The first-order chi connectivity index (χ1) is 8.51. The average Bonchev–Trinajstić information content (AvgIpc) is 2.29. The number of nitrogens with zero attached hydrogens (tertiary/aromatic N) is 1. The summed E-state index contributed by atoms with van der Waals surface area (Å²) in [6, 6.07) is 4.54. The van der Waals surface area contributed by atoms with Crippen LogP contribution in [0.25, 0.3) is 0 Å². The molecule has 0 aliphatic heterocycles. The first-order valence-electron chi connectivity index (χ1n) is 5.16. The van der Waals surface area contributed by atoms with Gasteiger partial charge < -0.3 is 4.74 Å². The summed E-state index contributed by atoms with van der Waals surface area (Å²) in [6.07, 6.45) is -3.00. The molecule has 6 heteroatoms. The lowest BCUT2D eigenvalue weighted by molar-refractivity contribution is -0.142. The third-order valence-corrected chi connectivity index (χ3v) is 3.10. The van der Waals surface area contributed by atoms with Crippen LogP contribution in [0.1, 0.15) is 30.0 Å². The number of carbonyl (C=O) groups is 1. The van der Waals surface area contributed by atoms with E-state index in [0.29, 0.717) is 0 Å². The largest absolute Gasteiger partial charge is 0.466 e. The Morgan fingerprint density at radius 1 is 1.56 bits per heavy atom. The summed E-state index contributed by atoms with van der Waals surface area (Å²) in [5.41, 5.74) is -0.0608. The third-order valence-electron chi connectivity index (χ3n) is 2.25. The Hall–Kier alpha value is -1.48. The van der Waals surface area contributed by atoms with Crippen molar-refractivity contribution in [3.63, 3.8) is 0 Å². The highest BCUT2D eigenvalue weighted by molar-refractivity contribution is 9.10. The molecule has 3 nitrogen and oxygen atoms in total. The molecule has 96 valence electrons. The Morgan fingerprint density at radius 3 is 2.72 bits per heavy atom. The highest BCUT2D eigenvalue weighted by atomic mass is 79.9. The van der Waals surface area contributed by atoms with Crippen molar-refractivity contribution in [1.82, 2.24) is 0 Å². The average molecular weight is 318 g/mol. The minimum atomic E-state index is -2.77. The predicted octanol–water partition coefficient (Wildman–Crippen LogP) is 3.36. The summed E-state index contributed by atoms with van der Waals surface area (Å²) in [4.78, 5) is 11.3. The molecule has 0 radical (unpaired) electrons. The highest BCUT2D eigenvalue weighted by Gasteiger charge is 2.21. The van der Waals surface area contributed by atoms with Gasteiger partial charge in [-0.05, 0) is 34.5 Å². The van der Waals surface area contributed by atoms with Crippen LogP contribution in [-0.2, 0) is 16.0 Å². The molecular formula is C12H10BrF2NO2. The molecule has 0 fully saturated rings. The summed E-state index contributed by atoms with van der Waals surface area (Å²) in [7, 11) is 0. The first kappa shape index (κ1) is 14.6. The number of hydrogen-bond acceptors (Lipinski definition) is 3. The van der Waals surface area contributed by atoms with Crippen molar-refractivity contribution in [2.24, 2.45) is 0 Å². The van der Waals surface area contributed by atoms with Gasteiger partial charge >= 0.3 is 5.97 Å². The van der Waals surface area contributed by atoms with Gasteiger partial charge in [-0.15, -0.1) is 0 Å². The molecule has 0 aromatic heterocycles. The molecule has 0 unspecified atom stereocenters. The van der Waals surface area contributed by atoms with E-state index < -0.39 is 12.4 Å². The fourth-order valence-electron chi connectivity index (χ4n) is 1.48. The van der Waals surface area contributed by atoms with Crippen molar-refractivity contribution in [3.8, 4) is 6.07 Å². The minimum Gasteiger partial charge on any atom is -0.466 e. The van der Waals surface area contributed by atoms with E-state index in [1.54, 1.807) is 13.0 Å². The molecule has 1 aromatic rings. The molecule has 0 atom stereocenters. The quantitative estimate of drug-likeness (QED) is 0.800. The number of nitriles is 1. The normalized spacial score (nSPS) is 10.2. The van der Waals surface area contributed by atoms with E-state index in [0.717, 1.165) is 0 Å². The second-order valence-electron chi connectivity index (χ2n) is 3.39. The van der Waals surface area contributed by atoms with Gasteiger partial charge in [0, 0.05) is 10.0 Å². The number of hydrogen-bond donors (Lipinski definition) is 0. The van der Waals surface area contributed by atoms with Crippen LogP contribution < -0.4 is 0 Å². The van der Waals surface area contributed by atoms with Crippen molar-refractivity contribution in [1.29, 1.82) is 5.26 Å². The monoisotopic (exact) mass is 317 g/mol. The number of halogens is 3. The summed E-state index contributed by atoms with van der Waals surface area (Å²) in [5.74, 6) is -0.573. The van der Waals surface area contributed by atoms with Crippen molar-refractivity contribution in [3.05, 3.63) is 33.3 Å². The summed E-state index contributed by atoms with van der Waals surface area (Å²) < 4.78 is 30.6. The minimum absolute atomic E-state index is 0.0294. The van der Waals surface area contributed by atoms with Gasteiger partial charge in [0.1, 0.15) is 6.07 Å². The third kappa shape index (κ3) is 3.26. The maximum Gasteiger partial charge on any atom is 0.310 e.